The smallest absolute Gasteiger partial charge is 0.328 e. The Morgan fingerprint density at radius 1 is 1.16 bits per heavy atom. The number of thiazole rings is 1. The normalized spacial score (nSPS) is 12.1. The Hall–Kier alpha value is -3.17. The molecule has 1 aromatic heterocycles. The Morgan fingerprint density at radius 3 is 2.71 bits per heavy atom. The summed E-state index contributed by atoms with van der Waals surface area (Å²) in [5, 5.41) is 14.3. The number of benzene rings is 2. The predicted octanol–water partition coefficient (Wildman–Crippen LogP) is 4.69. The van der Waals surface area contributed by atoms with E-state index in [1.807, 2.05) is 38.1 Å². The number of carboxylic acids is 1. The summed E-state index contributed by atoms with van der Waals surface area (Å²) < 4.78 is 1.02. The molecule has 0 fully saturated rings. The molecule has 1 unspecified atom stereocenters. The summed E-state index contributed by atoms with van der Waals surface area (Å²) in [4.78, 5) is 40.4. The summed E-state index contributed by atoms with van der Waals surface area (Å²) in [6.07, 6.45) is 2.33. The number of aliphatic carboxylic acids is 1. The van der Waals surface area contributed by atoms with Gasteiger partial charge in [-0.25, -0.2) is 9.78 Å². The summed E-state index contributed by atoms with van der Waals surface area (Å²) in [5.41, 5.74) is 2.51. The van der Waals surface area contributed by atoms with Gasteiger partial charge < -0.3 is 15.7 Å². The summed E-state index contributed by atoms with van der Waals surface area (Å²) in [6, 6.07) is 13.0. The molecule has 9 heteroatoms. The molecule has 0 aliphatic heterocycles. The van der Waals surface area contributed by atoms with E-state index in [1.54, 1.807) is 18.2 Å². The van der Waals surface area contributed by atoms with Crippen molar-refractivity contribution in [3.8, 4) is 0 Å². The third-order valence-corrected chi connectivity index (χ3v) is 6.49. The lowest BCUT2D eigenvalue weighted by atomic mass is 10.2. The lowest BCUT2D eigenvalue weighted by molar-refractivity contribution is -0.131. The van der Waals surface area contributed by atoms with Crippen LogP contribution in [0.5, 0.6) is 0 Å². The lowest BCUT2D eigenvalue weighted by Gasteiger charge is -2.14. The van der Waals surface area contributed by atoms with Crippen LogP contribution in [0.1, 0.15) is 18.9 Å². The van der Waals surface area contributed by atoms with Gasteiger partial charge in [-0.1, -0.05) is 30.4 Å². The Morgan fingerprint density at radius 2 is 1.97 bits per heavy atom. The Bertz CT molecular complexity index is 1160. The minimum absolute atomic E-state index is 0.137. The van der Waals surface area contributed by atoms with Gasteiger partial charge in [0.15, 0.2) is 5.13 Å². The number of rotatable bonds is 8. The van der Waals surface area contributed by atoms with E-state index in [1.165, 1.54) is 23.1 Å². The molecule has 1 heterocycles. The molecule has 0 aliphatic carbocycles. The quantitative estimate of drug-likeness (QED) is 0.336. The third-order valence-electron chi connectivity index (χ3n) is 4.19. The molecule has 0 radical (unpaired) electrons. The number of aryl methyl sites for hydroxylation is 1. The van der Waals surface area contributed by atoms with Gasteiger partial charge >= 0.3 is 5.97 Å². The van der Waals surface area contributed by atoms with Crippen molar-refractivity contribution in [1.29, 1.82) is 0 Å². The average molecular weight is 456 g/mol. The van der Waals surface area contributed by atoms with Crippen molar-refractivity contribution < 1.29 is 19.5 Å². The second-order valence-corrected chi connectivity index (χ2v) is 8.99. The number of hydrogen-bond donors (Lipinski definition) is 3. The van der Waals surface area contributed by atoms with E-state index in [4.69, 9.17) is 5.11 Å². The van der Waals surface area contributed by atoms with Crippen LogP contribution in [0.3, 0.4) is 0 Å². The first-order valence-corrected chi connectivity index (χ1v) is 11.2. The third kappa shape index (κ3) is 6.40. The first kappa shape index (κ1) is 22.5. The molecule has 3 N–H and O–H groups in total. The molecule has 0 aliphatic rings. The summed E-state index contributed by atoms with van der Waals surface area (Å²) in [5.74, 6) is -1.87. The van der Waals surface area contributed by atoms with Gasteiger partial charge in [-0.3, -0.25) is 9.59 Å². The second-order valence-electron chi connectivity index (χ2n) is 6.68. The largest absolute Gasteiger partial charge is 0.478 e. The molecule has 7 nitrogen and oxygen atoms in total. The van der Waals surface area contributed by atoms with Gasteiger partial charge in [0, 0.05) is 22.7 Å². The number of carbonyl (C=O) groups is 3. The fraction of sp³-hybridized carbons (Fsp3) is 0.182. The molecule has 3 rings (SSSR count). The van der Waals surface area contributed by atoms with Crippen molar-refractivity contribution >= 4 is 61.9 Å². The van der Waals surface area contributed by atoms with Crippen molar-refractivity contribution in [3.05, 3.63) is 60.2 Å². The van der Waals surface area contributed by atoms with Crippen molar-refractivity contribution in [2.75, 3.05) is 10.6 Å². The van der Waals surface area contributed by atoms with Crippen LogP contribution >= 0.6 is 23.1 Å². The van der Waals surface area contributed by atoms with Crippen molar-refractivity contribution in [3.63, 3.8) is 0 Å². The highest BCUT2D eigenvalue weighted by molar-refractivity contribution is 8.00. The summed E-state index contributed by atoms with van der Waals surface area (Å²) in [6.45, 7) is 3.95. The zero-order chi connectivity index (χ0) is 22.4. The van der Waals surface area contributed by atoms with Gasteiger partial charge in [0.1, 0.15) is 0 Å². The van der Waals surface area contributed by atoms with Gasteiger partial charge in [-0.2, -0.15) is 0 Å². The SMILES string of the molecule is CCC(Sc1cccc(NC(=O)/C=C/C(=O)O)c1)C(=O)Nc1nc2ccc(C)cc2s1. The number of carbonyl (C=O) groups excluding carboxylic acids is 2. The van der Waals surface area contributed by atoms with Crippen LogP contribution in [0.25, 0.3) is 10.2 Å². The molecule has 0 bridgehead atoms. The monoisotopic (exact) mass is 455 g/mol. The van der Waals surface area contributed by atoms with Crippen LogP contribution in [0, 0.1) is 6.92 Å². The van der Waals surface area contributed by atoms with Crippen molar-refractivity contribution in [2.24, 2.45) is 0 Å². The Labute approximate surface area is 187 Å². The minimum atomic E-state index is -1.19. The summed E-state index contributed by atoms with van der Waals surface area (Å²) in [7, 11) is 0. The maximum absolute atomic E-state index is 12.8. The standard InChI is InChI=1S/C22H21N3O4S2/c1-3-17(21(29)25-22-24-16-8-7-13(2)11-18(16)31-22)30-15-6-4-5-14(12-15)23-19(26)9-10-20(27)28/h4-12,17H,3H2,1-2H3,(H,23,26)(H,27,28)(H,24,25,29)/b10-9+. The number of nitrogens with one attached hydrogen (secondary N) is 2. The zero-order valence-corrected chi connectivity index (χ0v) is 18.5. The number of fused-ring (bicyclic) bond motifs is 1. The number of hydrogen-bond acceptors (Lipinski definition) is 6. The van der Waals surface area contributed by atoms with Crippen LogP contribution in [0.15, 0.2) is 59.5 Å². The molecular formula is C22H21N3O4S2. The highest BCUT2D eigenvalue weighted by atomic mass is 32.2. The molecule has 2 aromatic carbocycles. The first-order valence-electron chi connectivity index (χ1n) is 9.51. The molecule has 31 heavy (non-hydrogen) atoms. The van der Waals surface area contributed by atoms with E-state index in [0.717, 1.165) is 32.8 Å². The number of aromatic nitrogens is 1. The van der Waals surface area contributed by atoms with Crippen molar-refractivity contribution in [2.45, 2.75) is 30.4 Å². The van der Waals surface area contributed by atoms with Crippen LogP contribution in [-0.2, 0) is 14.4 Å². The van der Waals surface area contributed by atoms with E-state index in [-0.39, 0.29) is 11.2 Å². The maximum Gasteiger partial charge on any atom is 0.328 e. The van der Waals surface area contributed by atoms with E-state index in [2.05, 4.69) is 15.6 Å². The number of carboxylic acid groups (broad SMARTS) is 1. The van der Waals surface area contributed by atoms with E-state index in [0.29, 0.717) is 17.2 Å². The van der Waals surface area contributed by atoms with Crippen LogP contribution in [0.2, 0.25) is 0 Å². The number of amides is 2. The topological polar surface area (TPSA) is 108 Å². The molecule has 0 spiro atoms. The van der Waals surface area contributed by atoms with Crippen LogP contribution < -0.4 is 10.6 Å². The molecular weight excluding hydrogens is 434 g/mol. The minimum Gasteiger partial charge on any atom is -0.478 e. The van der Waals surface area contributed by atoms with E-state index < -0.39 is 11.9 Å². The average Bonchev–Trinajstić information content (AvgIpc) is 3.11. The molecule has 0 saturated carbocycles. The zero-order valence-electron chi connectivity index (χ0n) is 16.9. The van der Waals surface area contributed by atoms with Gasteiger partial charge in [0.2, 0.25) is 11.8 Å². The van der Waals surface area contributed by atoms with Crippen molar-refractivity contribution in [1.82, 2.24) is 4.98 Å². The Kier molecular flexibility index (Phi) is 7.43. The fourth-order valence-electron chi connectivity index (χ4n) is 2.74. The highest BCUT2D eigenvalue weighted by Crippen LogP contribution is 2.30. The van der Waals surface area contributed by atoms with Crippen LogP contribution in [-0.4, -0.2) is 33.1 Å². The van der Waals surface area contributed by atoms with Crippen LogP contribution in [0.4, 0.5) is 10.8 Å². The van der Waals surface area contributed by atoms with Gasteiger partial charge in [-0.15, -0.1) is 11.8 Å². The summed E-state index contributed by atoms with van der Waals surface area (Å²) >= 11 is 2.83. The van der Waals surface area contributed by atoms with Gasteiger partial charge in [-0.05, 0) is 49.2 Å². The van der Waals surface area contributed by atoms with Gasteiger partial charge in [0.25, 0.3) is 0 Å². The molecule has 160 valence electrons. The number of anilines is 2. The lowest BCUT2D eigenvalue weighted by Crippen LogP contribution is -2.24. The molecule has 3 aromatic rings. The first-order chi connectivity index (χ1) is 14.8. The van der Waals surface area contributed by atoms with Gasteiger partial charge in [0.05, 0.1) is 15.5 Å². The van der Waals surface area contributed by atoms with E-state index in [9.17, 15) is 14.4 Å². The number of thioether (sulfide) groups is 1. The molecule has 1 atom stereocenters. The predicted molar refractivity (Wildman–Crippen MR) is 125 cm³/mol. The number of nitrogens with zero attached hydrogens (tertiary/aromatic N) is 1. The molecule has 2 amide bonds. The fourth-order valence-corrected chi connectivity index (χ4v) is 4.72. The molecule has 0 saturated heterocycles. The maximum atomic E-state index is 12.8. The van der Waals surface area contributed by atoms with E-state index >= 15 is 0 Å². The highest BCUT2D eigenvalue weighted by Gasteiger charge is 2.20. The second kappa shape index (κ2) is 10.2. The Balaban J connectivity index is 1.66.